The first-order chi connectivity index (χ1) is 6.09. The van der Waals surface area contributed by atoms with Crippen LogP contribution in [0.25, 0.3) is 0 Å². The van der Waals surface area contributed by atoms with Crippen LogP contribution in [0.2, 0.25) is 4.34 Å². The number of halogens is 1. The van der Waals surface area contributed by atoms with Crippen molar-refractivity contribution in [3.8, 4) is 0 Å². The molecule has 4 heteroatoms. The largest absolute Gasteiger partial charge is 0.392 e. The SMILES string of the molecule is CC(O)CNC(C)c1ccc(Cl)s1. The summed E-state index contributed by atoms with van der Waals surface area (Å²) in [5.41, 5.74) is 0. The number of aliphatic hydroxyl groups is 1. The van der Waals surface area contributed by atoms with Gasteiger partial charge < -0.3 is 10.4 Å². The molecule has 0 aliphatic rings. The van der Waals surface area contributed by atoms with Gasteiger partial charge in [0.2, 0.25) is 0 Å². The number of aliphatic hydroxyl groups excluding tert-OH is 1. The standard InChI is InChI=1S/C9H14ClNOS/c1-6(12)5-11-7(2)8-3-4-9(10)13-8/h3-4,6-7,11-12H,5H2,1-2H3. The zero-order valence-corrected chi connectivity index (χ0v) is 9.32. The van der Waals surface area contributed by atoms with E-state index < -0.39 is 0 Å². The Labute approximate surface area is 87.5 Å². The van der Waals surface area contributed by atoms with Crippen LogP contribution in [0.5, 0.6) is 0 Å². The van der Waals surface area contributed by atoms with Crippen molar-refractivity contribution in [2.45, 2.75) is 26.0 Å². The third-order valence-electron chi connectivity index (χ3n) is 1.74. The first-order valence-electron chi connectivity index (χ1n) is 4.26. The Balaban J connectivity index is 2.44. The molecular formula is C9H14ClNOS. The number of hydrogen-bond acceptors (Lipinski definition) is 3. The quantitative estimate of drug-likeness (QED) is 0.816. The zero-order valence-electron chi connectivity index (χ0n) is 7.75. The van der Waals surface area contributed by atoms with Gasteiger partial charge in [0.25, 0.3) is 0 Å². The minimum absolute atomic E-state index is 0.257. The smallest absolute Gasteiger partial charge is 0.0931 e. The molecule has 13 heavy (non-hydrogen) atoms. The van der Waals surface area contributed by atoms with E-state index in [0.717, 1.165) is 4.34 Å². The van der Waals surface area contributed by atoms with E-state index in [1.165, 1.54) is 4.88 Å². The van der Waals surface area contributed by atoms with Crippen molar-refractivity contribution in [2.24, 2.45) is 0 Å². The summed E-state index contributed by atoms with van der Waals surface area (Å²) in [5.74, 6) is 0. The maximum atomic E-state index is 9.07. The molecule has 0 spiro atoms. The lowest BCUT2D eigenvalue weighted by Crippen LogP contribution is -2.26. The molecule has 74 valence electrons. The fourth-order valence-electron chi connectivity index (χ4n) is 1.01. The Morgan fingerprint density at radius 2 is 2.23 bits per heavy atom. The van der Waals surface area contributed by atoms with E-state index >= 15 is 0 Å². The molecule has 1 aromatic heterocycles. The number of thiophene rings is 1. The van der Waals surface area contributed by atoms with Crippen molar-refractivity contribution in [3.63, 3.8) is 0 Å². The highest BCUT2D eigenvalue weighted by molar-refractivity contribution is 7.16. The van der Waals surface area contributed by atoms with Crippen LogP contribution in [0.3, 0.4) is 0 Å². The lowest BCUT2D eigenvalue weighted by atomic mass is 10.2. The number of hydrogen-bond donors (Lipinski definition) is 2. The maximum absolute atomic E-state index is 9.07. The van der Waals surface area contributed by atoms with Crippen LogP contribution >= 0.6 is 22.9 Å². The Morgan fingerprint density at radius 1 is 1.54 bits per heavy atom. The highest BCUT2D eigenvalue weighted by atomic mass is 35.5. The molecule has 1 aromatic rings. The minimum atomic E-state index is -0.308. The molecular weight excluding hydrogens is 206 g/mol. The van der Waals surface area contributed by atoms with Crippen LogP contribution in [0.1, 0.15) is 24.8 Å². The van der Waals surface area contributed by atoms with Gasteiger partial charge in [0.15, 0.2) is 0 Å². The van der Waals surface area contributed by atoms with Crippen LogP contribution in [0, 0.1) is 0 Å². The van der Waals surface area contributed by atoms with Gasteiger partial charge >= 0.3 is 0 Å². The first-order valence-corrected chi connectivity index (χ1v) is 5.45. The summed E-state index contributed by atoms with van der Waals surface area (Å²) < 4.78 is 0.806. The monoisotopic (exact) mass is 219 g/mol. The molecule has 1 heterocycles. The average molecular weight is 220 g/mol. The van der Waals surface area contributed by atoms with Gasteiger partial charge in [-0.25, -0.2) is 0 Å². The molecule has 2 atom stereocenters. The topological polar surface area (TPSA) is 32.3 Å². The van der Waals surface area contributed by atoms with Crippen molar-refractivity contribution in [1.82, 2.24) is 5.32 Å². The summed E-state index contributed by atoms with van der Waals surface area (Å²) >= 11 is 7.38. The Hall–Kier alpha value is -0.0900. The lowest BCUT2D eigenvalue weighted by Gasteiger charge is -2.12. The number of nitrogens with one attached hydrogen (secondary N) is 1. The van der Waals surface area contributed by atoms with Crippen LogP contribution in [0.4, 0.5) is 0 Å². The molecule has 2 N–H and O–H groups in total. The van der Waals surface area contributed by atoms with Gasteiger partial charge in [-0.05, 0) is 26.0 Å². The number of rotatable bonds is 4. The van der Waals surface area contributed by atoms with Gasteiger partial charge in [-0.15, -0.1) is 11.3 Å². The van der Waals surface area contributed by atoms with Gasteiger partial charge in [0.05, 0.1) is 10.4 Å². The second-order valence-electron chi connectivity index (χ2n) is 3.12. The summed E-state index contributed by atoms with van der Waals surface area (Å²) in [7, 11) is 0. The molecule has 0 saturated heterocycles. The lowest BCUT2D eigenvalue weighted by molar-refractivity contribution is 0.187. The van der Waals surface area contributed by atoms with Crippen LogP contribution in [0.15, 0.2) is 12.1 Å². The predicted molar refractivity (Wildman–Crippen MR) is 57.4 cm³/mol. The van der Waals surface area contributed by atoms with Crippen molar-refractivity contribution >= 4 is 22.9 Å². The average Bonchev–Trinajstić information content (AvgIpc) is 2.47. The van der Waals surface area contributed by atoms with Gasteiger partial charge in [-0.1, -0.05) is 11.6 Å². The Morgan fingerprint density at radius 3 is 2.69 bits per heavy atom. The van der Waals surface area contributed by atoms with Crippen molar-refractivity contribution < 1.29 is 5.11 Å². The maximum Gasteiger partial charge on any atom is 0.0931 e. The van der Waals surface area contributed by atoms with Crippen molar-refractivity contribution in [3.05, 3.63) is 21.3 Å². The van der Waals surface area contributed by atoms with E-state index in [9.17, 15) is 0 Å². The van der Waals surface area contributed by atoms with E-state index in [1.54, 1.807) is 18.3 Å². The normalized spacial score (nSPS) is 15.7. The third-order valence-corrected chi connectivity index (χ3v) is 3.15. The fourth-order valence-corrected chi connectivity index (χ4v) is 2.10. The molecule has 0 amide bonds. The first kappa shape index (κ1) is 11.0. The van der Waals surface area contributed by atoms with Crippen LogP contribution in [-0.2, 0) is 0 Å². The third kappa shape index (κ3) is 3.65. The zero-order chi connectivity index (χ0) is 9.84. The molecule has 0 bridgehead atoms. The molecule has 2 unspecified atom stereocenters. The summed E-state index contributed by atoms with van der Waals surface area (Å²) in [6.45, 7) is 4.43. The molecule has 0 aliphatic carbocycles. The summed E-state index contributed by atoms with van der Waals surface area (Å²) in [6, 6.07) is 4.15. The van der Waals surface area contributed by atoms with E-state index in [-0.39, 0.29) is 12.1 Å². The Bertz CT molecular complexity index is 262. The van der Waals surface area contributed by atoms with E-state index in [1.807, 2.05) is 12.1 Å². The van der Waals surface area contributed by atoms with Gasteiger partial charge in [0, 0.05) is 17.5 Å². The summed E-state index contributed by atoms with van der Waals surface area (Å²) in [4.78, 5) is 1.20. The summed E-state index contributed by atoms with van der Waals surface area (Å²) in [5, 5.41) is 12.3. The molecule has 0 saturated carbocycles. The van der Waals surface area contributed by atoms with Gasteiger partial charge in [0.1, 0.15) is 0 Å². The molecule has 0 aliphatic heterocycles. The molecule has 1 rings (SSSR count). The minimum Gasteiger partial charge on any atom is -0.392 e. The second-order valence-corrected chi connectivity index (χ2v) is 4.87. The van der Waals surface area contributed by atoms with Gasteiger partial charge in [-0.3, -0.25) is 0 Å². The van der Waals surface area contributed by atoms with Crippen molar-refractivity contribution in [1.29, 1.82) is 0 Å². The van der Waals surface area contributed by atoms with E-state index in [4.69, 9.17) is 16.7 Å². The van der Waals surface area contributed by atoms with Crippen LogP contribution in [-0.4, -0.2) is 17.8 Å². The molecule has 0 radical (unpaired) electrons. The highest BCUT2D eigenvalue weighted by Gasteiger charge is 2.07. The molecule has 2 nitrogen and oxygen atoms in total. The molecule has 0 aromatic carbocycles. The predicted octanol–water partition coefficient (Wildman–Crippen LogP) is 2.43. The van der Waals surface area contributed by atoms with Crippen molar-refractivity contribution in [2.75, 3.05) is 6.54 Å². The van der Waals surface area contributed by atoms with E-state index in [0.29, 0.717) is 6.54 Å². The molecule has 0 fully saturated rings. The fraction of sp³-hybridized carbons (Fsp3) is 0.556. The summed E-state index contributed by atoms with van der Waals surface area (Å²) in [6.07, 6.45) is -0.308. The van der Waals surface area contributed by atoms with Crippen LogP contribution < -0.4 is 5.32 Å². The van der Waals surface area contributed by atoms with Gasteiger partial charge in [-0.2, -0.15) is 0 Å². The highest BCUT2D eigenvalue weighted by Crippen LogP contribution is 2.26. The second kappa shape index (κ2) is 4.96. The van der Waals surface area contributed by atoms with E-state index in [2.05, 4.69) is 12.2 Å². The Kier molecular flexibility index (Phi) is 4.19.